The quantitative estimate of drug-likeness (QED) is 0.746. The summed E-state index contributed by atoms with van der Waals surface area (Å²) in [6.07, 6.45) is 2.11. The molecule has 2 N–H and O–H groups in total. The second-order valence-electron chi connectivity index (χ2n) is 4.42. The molecule has 0 saturated carbocycles. The van der Waals surface area contributed by atoms with E-state index in [0.717, 1.165) is 6.26 Å². The van der Waals surface area contributed by atoms with Crippen LogP contribution in [0.3, 0.4) is 0 Å². The van der Waals surface area contributed by atoms with Gasteiger partial charge in [-0.1, -0.05) is 12.1 Å². The number of amides is 1. The number of carbonyl (C=O) groups excluding carboxylic acids is 1. The average molecular weight is 299 g/mol. The smallest absolute Gasteiger partial charge is 0.303 e. The van der Waals surface area contributed by atoms with E-state index < -0.39 is 15.8 Å². The zero-order chi connectivity index (χ0) is 15.2. The molecule has 20 heavy (non-hydrogen) atoms. The summed E-state index contributed by atoms with van der Waals surface area (Å²) in [5.74, 6) is -1.22. The molecule has 0 fully saturated rings. The van der Waals surface area contributed by atoms with Gasteiger partial charge in [0.1, 0.15) is 0 Å². The van der Waals surface area contributed by atoms with Gasteiger partial charge in [-0.05, 0) is 25.0 Å². The Bertz CT molecular complexity index is 595. The van der Waals surface area contributed by atoms with Gasteiger partial charge in [-0.2, -0.15) is 0 Å². The van der Waals surface area contributed by atoms with Crippen LogP contribution in [0.25, 0.3) is 0 Å². The van der Waals surface area contributed by atoms with Crippen molar-refractivity contribution in [2.24, 2.45) is 0 Å². The molecule has 0 aliphatic carbocycles. The Labute approximate surface area is 117 Å². The van der Waals surface area contributed by atoms with Gasteiger partial charge >= 0.3 is 5.97 Å². The molecular weight excluding hydrogens is 282 g/mol. The van der Waals surface area contributed by atoms with Gasteiger partial charge in [-0.3, -0.25) is 9.59 Å². The molecule has 0 aliphatic rings. The van der Waals surface area contributed by atoms with Crippen LogP contribution in [-0.4, -0.2) is 31.7 Å². The van der Waals surface area contributed by atoms with Crippen molar-refractivity contribution < 1.29 is 23.1 Å². The highest BCUT2D eigenvalue weighted by Crippen LogP contribution is 2.20. The lowest BCUT2D eigenvalue weighted by atomic mass is 10.2. The number of rotatable bonds is 7. The summed E-state index contributed by atoms with van der Waals surface area (Å²) < 4.78 is 23.1. The fourth-order valence-corrected chi connectivity index (χ4v) is 2.51. The number of carboxylic acid groups (broad SMARTS) is 1. The number of hydrogen-bond donors (Lipinski definition) is 2. The highest BCUT2D eigenvalue weighted by molar-refractivity contribution is 7.90. The molecular formula is C13H17NO5S. The fourth-order valence-electron chi connectivity index (χ4n) is 1.67. The Hall–Kier alpha value is -1.89. The van der Waals surface area contributed by atoms with E-state index in [2.05, 4.69) is 5.32 Å². The molecule has 6 nitrogen and oxygen atoms in total. The Balaban J connectivity index is 2.61. The van der Waals surface area contributed by atoms with E-state index in [0.29, 0.717) is 12.8 Å². The van der Waals surface area contributed by atoms with E-state index in [4.69, 9.17) is 5.11 Å². The number of carbonyl (C=O) groups is 2. The molecule has 1 aromatic rings. The SMILES string of the molecule is CS(=O)(=O)c1ccccc1NC(=O)CCCCC(=O)O. The van der Waals surface area contributed by atoms with E-state index in [-0.39, 0.29) is 29.3 Å². The lowest BCUT2D eigenvalue weighted by Crippen LogP contribution is -2.14. The molecule has 7 heteroatoms. The zero-order valence-electron chi connectivity index (χ0n) is 11.1. The van der Waals surface area contributed by atoms with Crippen molar-refractivity contribution in [3.8, 4) is 0 Å². The van der Waals surface area contributed by atoms with Gasteiger partial charge in [0.05, 0.1) is 10.6 Å². The van der Waals surface area contributed by atoms with Crippen LogP contribution < -0.4 is 5.32 Å². The highest BCUT2D eigenvalue weighted by atomic mass is 32.2. The largest absolute Gasteiger partial charge is 0.481 e. The van der Waals surface area contributed by atoms with Crippen molar-refractivity contribution in [2.75, 3.05) is 11.6 Å². The van der Waals surface area contributed by atoms with E-state index in [1.165, 1.54) is 12.1 Å². The number of unbranched alkanes of at least 4 members (excludes halogenated alkanes) is 1. The Morgan fingerprint density at radius 2 is 1.75 bits per heavy atom. The Kier molecular flexibility index (Phi) is 5.69. The summed E-state index contributed by atoms with van der Waals surface area (Å²) >= 11 is 0. The first-order chi connectivity index (χ1) is 9.30. The van der Waals surface area contributed by atoms with Gasteiger partial charge in [0.25, 0.3) is 0 Å². The monoisotopic (exact) mass is 299 g/mol. The fraction of sp³-hybridized carbons (Fsp3) is 0.385. The first kappa shape index (κ1) is 16.2. The lowest BCUT2D eigenvalue weighted by molar-refractivity contribution is -0.137. The second kappa shape index (κ2) is 7.04. The number of hydrogen-bond acceptors (Lipinski definition) is 4. The normalized spacial score (nSPS) is 11.1. The first-order valence-corrected chi connectivity index (χ1v) is 8.00. The number of carboxylic acids is 1. The van der Waals surface area contributed by atoms with Crippen molar-refractivity contribution >= 4 is 27.4 Å². The topological polar surface area (TPSA) is 101 Å². The van der Waals surface area contributed by atoms with Gasteiger partial charge in [0, 0.05) is 19.1 Å². The van der Waals surface area contributed by atoms with Crippen LogP contribution in [0.1, 0.15) is 25.7 Å². The molecule has 0 radical (unpaired) electrons. The molecule has 0 atom stereocenters. The summed E-state index contributed by atoms with van der Waals surface area (Å²) in [6, 6.07) is 6.16. The van der Waals surface area contributed by atoms with Crippen molar-refractivity contribution in [1.29, 1.82) is 0 Å². The van der Waals surface area contributed by atoms with E-state index in [1.54, 1.807) is 12.1 Å². The maximum absolute atomic E-state index is 11.7. The maximum Gasteiger partial charge on any atom is 0.303 e. The summed E-state index contributed by atoms with van der Waals surface area (Å²) in [5, 5.41) is 11.0. The second-order valence-corrected chi connectivity index (χ2v) is 6.40. The van der Waals surface area contributed by atoms with Crippen molar-refractivity contribution in [3.05, 3.63) is 24.3 Å². The Morgan fingerprint density at radius 1 is 1.15 bits per heavy atom. The van der Waals surface area contributed by atoms with Crippen LogP contribution in [0, 0.1) is 0 Å². The third-order valence-corrected chi connectivity index (χ3v) is 3.76. The molecule has 110 valence electrons. The summed E-state index contributed by atoms with van der Waals surface area (Å²) in [6.45, 7) is 0. The van der Waals surface area contributed by atoms with Crippen molar-refractivity contribution in [2.45, 2.75) is 30.6 Å². The minimum absolute atomic E-state index is 0.0210. The summed E-state index contributed by atoms with van der Waals surface area (Å²) in [4.78, 5) is 22.1. The number of aliphatic carboxylic acids is 1. The molecule has 1 aromatic carbocycles. The van der Waals surface area contributed by atoms with Crippen LogP contribution in [0.5, 0.6) is 0 Å². The summed E-state index contributed by atoms with van der Waals surface area (Å²) in [7, 11) is -3.41. The highest BCUT2D eigenvalue weighted by Gasteiger charge is 2.14. The van der Waals surface area contributed by atoms with Crippen molar-refractivity contribution in [1.82, 2.24) is 0 Å². The number of nitrogens with one attached hydrogen (secondary N) is 1. The van der Waals surface area contributed by atoms with E-state index in [9.17, 15) is 18.0 Å². The minimum atomic E-state index is -3.41. The maximum atomic E-state index is 11.7. The number of anilines is 1. The van der Waals surface area contributed by atoms with Gasteiger partial charge in [0.2, 0.25) is 5.91 Å². The molecule has 0 aromatic heterocycles. The predicted molar refractivity (Wildman–Crippen MR) is 74.3 cm³/mol. The predicted octanol–water partition coefficient (Wildman–Crippen LogP) is 1.67. The Morgan fingerprint density at radius 3 is 2.35 bits per heavy atom. The summed E-state index contributed by atoms with van der Waals surface area (Å²) in [5.41, 5.74) is 0.248. The molecule has 0 heterocycles. The molecule has 1 amide bonds. The van der Waals surface area contributed by atoms with Crippen LogP contribution in [0.4, 0.5) is 5.69 Å². The van der Waals surface area contributed by atoms with E-state index >= 15 is 0 Å². The van der Waals surface area contributed by atoms with Crippen LogP contribution in [0.15, 0.2) is 29.2 Å². The van der Waals surface area contributed by atoms with Gasteiger partial charge in [-0.25, -0.2) is 8.42 Å². The van der Waals surface area contributed by atoms with Crippen molar-refractivity contribution in [3.63, 3.8) is 0 Å². The van der Waals surface area contributed by atoms with E-state index in [1.807, 2.05) is 0 Å². The average Bonchev–Trinajstić information content (AvgIpc) is 2.34. The van der Waals surface area contributed by atoms with Crippen LogP contribution in [-0.2, 0) is 19.4 Å². The van der Waals surface area contributed by atoms with Crippen LogP contribution in [0.2, 0.25) is 0 Å². The molecule has 0 bridgehead atoms. The zero-order valence-corrected chi connectivity index (χ0v) is 11.9. The number of sulfone groups is 1. The van der Waals surface area contributed by atoms with Gasteiger partial charge < -0.3 is 10.4 Å². The molecule has 0 saturated heterocycles. The molecule has 1 rings (SSSR count). The van der Waals surface area contributed by atoms with Gasteiger partial charge in [-0.15, -0.1) is 0 Å². The first-order valence-electron chi connectivity index (χ1n) is 6.11. The number of para-hydroxylation sites is 1. The van der Waals surface area contributed by atoms with Gasteiger partial charge in [0.15, 0.2) is 9.84 Å². The lowest BCUT2D eigenvalue weighted by Gasteiger charge is -2.09. The molecule has 0 aliphatic heterocycles. The third-order valence-electron chi connectivity index (χ3n) is 2.61. The van der Waals surface area contributed by atoms with Crippen LogP contribution >= 0.6 is 0 Å². The third kappa shape index (κ3) is 5.40. The molecule has 0 spiro atoms. The molecule has 0 unspecified atom stereocenters. The minimum Gasteiger partial charge on any atom is -0.481 e. The number of benzene rings is 1. The standard InChI is InChI=1S/C13H17NO5S/c1-20(18,19)11-7-3-2-6-10(11)14-12(15)8-4-5-9-13(16)17/h2-3,6-7H,4-5,8-9H2,1H3,(H,14,15)(H,16,17).